The van der Waals surface area contributed by atoms with Gasteiger partial charge in [0.1, 0.15) is 0 Å². The van der Waals surface area contributed by atoms with Crippen molar-refractivity contribution in [3.63, 3.8) is 0 Å². The summed E-state index contributed by atoms with van der Waals surface area (Å²) in [5, 5.41) is 0. The summed E-state index contributed by atoms with van der Waals surface area (Å²) >= 11 is 0. The van der Waals surface area contributed by atoms with E-state index in [2.05, 4.69) is 163 Å². The molecule has 5 aromatic rings. The van der Waals surface area contributed by atoms with Gasteiger partial charge in [-0.05, 0) is 177 Å². The first-order valence-corrected chi connectivity index (χ1v) is 20.7. The minimum atomic E-state index is 0.0830. The van der Waals surface area contributed by atoms with Crippen LogP contribution in [-0.4, -0.2) is 0 Å². The number of fused-ring (bicyclic) bond motifs is 4. The Hall–Kier alpha value is -4.10. The van der Waals surface area contributed by atoms with Crippen molar-refractivity contribution in [3.05, 3.63) is 137 Å². The molecule has 0 heterocycles. The van der Waals surface area contributed by atoms with Gasteiger partial charge in [-0.2, -0.15) is 0 Å². The highest BCUT2D eigenvalue weighted by Gasteiger charge is 2.61. The Morgan fingerprint density at radius 1 is 0.491 bits per heavy atom. The van der Waals surface area contributed by atoms with Crippen molar-refractivity contribution in [2.75, 3.05) is 4.90 Å². The minimum Gasteiger partial charge on any atom is -0.310 e. The number of rotatable bonds is 4. The van der Waals surface area contributed by atoms with Gasteiger partial charge >= 0.3 is 0 Å². The third-order valence-corrected chi connectivity index (χ3v) is 15.1. The molecule has 1 spiro atoms. The molecule has 6 aliphatic carbocycles. The molecular formula is C52H57N. The monoisotopic (exact) mass is 695 g/mol. The zero-order valence-corrected chi connectivity index (χ0v) is 33.1. The molecule has 0 atom stereocenters. The maximum atomic E-state index is 2.66. The number of anilines is 3. The largest absolute Gasteiger partial charge is 0.310 e. The van der Waals surface area contributed by atoms with Gasteiger partial charge in [0.25, 0.3) is 0 Å². The summed E-state index contributed by atoms with van der Waals surface area (Å²) in [7, 11) is 0. The molecule has 1 nitrogen and oxygen atoms in total. The lowest BCUT2D eigenvalue weighted by molar-refractivity contribution is -0.0399. The van der Waals surface area contributed by atoms with Gasteiger partial charge in [-0.25, -0.2) is 0 Å². The molecule has 270 valence electrons. The fourth-order valence-electron chi connectivity index (χ4n) is 12.4. The maximum Gasteiger partial charge on any atom is 0.0465 e. The summed E-state index contributed by atoms with van der Waals surface area (Å²) < 4.78 is 0. The fraction of sp³-hybridized carbons (Fsp3) is 0.423. The Morgan fingerprint density at radius 2 is 1.02 bits per heavy atom. The van der Waals surface area contributed by atoms with E-state index in [-0.39, 0.29) is 21.7 Å². The van der Waals surface area contributed by atoms with Gasteiger partial charge in [-0.3, -0.25) is 0 Å². The van der Waals surface area contributed by atoms with Gasteiger partial charge in [0.05, 0.1) is 0 Å². The number of hydrogen-bond donors (Lipinski definition) is 0. The lowest BCUT2D eigenvalue weighted by atomic mass is 9.43. The molecule has 0 aromatic heterocycles. The molecule has 0 saturated heterocycles. The SMILES string of the molecule is CC(C)(C)c1ccc(-c2ccc3c(c2)C2(c4cc(N(c5ccccc5)c5ccc6c(c5)C(C)(C)CCC6(C)C)ccc4-3)C3CC4CC(C3)CC2C4)cc1. The van der Waals surface area contributed by atoms with Crippen molar-refractivity contribution < 1.29 is 0 Å². The van der Waals surface area contributed by atoms with E-state index in [4.69, 9.17) is 0 Å². The summed E-state index contributed by atoms with van der Waals surface area (Å²) in [6.07, 6.45) is 9.47. The topological polar surface area (TPSA) is 3.24 Å². The predicted octanol–water partition coefficient (Wildman–Crippen LogP) is 14.2. The lowest BCUT2D eigenvalue weighted by Gasteiger charge is -2.61. The molecule has 11 rings (SSSR count). The number of hydrogen-bond acceptors (Lipinski definition) is 1. The van der Waals surface area contributed by atoms with Gasteiger partial charge in [0.2, 0.25) is 0 Å². The Bertz CT molecular complexity index is 2200. The van der Waals surface area contributed by atoms with Crippen LogP contribution in [0.25, 0.3) is 22.3 Å². The van der Waals surface area contributed by atoms with Gasteiger partial charge in [0.15, 0.2) is 0 Å². The number of nitrogens with zero attached hydrogens (tertiary/aromatic N) is 1. The summed E-state index contributed by atoms with van der Waals surface area (Å²) in [5.74, 6) is 3.25. The average Bonchev–Trinajstić information content (AvgIpc) is 3.42. The molecule has 0 N–H and O–H groups in total. The van der Waals surface area contributed by atoms with Gasteiger partial charge in [-0.15, -0.1) is 0 Å². The van der Waals surface area contributed by atoms with E-state index in [0.717, 1.165) is 11.8 Å². The normalized spacial score (nSPS) is 27.0. The van der Waals surface area contributed by atoms with E-state index in [0.29, 0.717) is 11.8 Å². The molecule has 53 heavy (non-hydrogen) atoms. The van der Waals surface area contributed by atoms with Crippen LogP contribution in [0.4, 0.5) is 17.1 Å². The van der Waals surface area contributed by atoms with Crippen LogP contribution >= 0.6 is 0 Å². The predicted molar refractivity (Wildman–Crippen MR) is 224 cm³/mol. The zero-order valence-electron chi connectivity index (χ0n) is 33.1. The molecule has 5 aromatic carbocycles. The van der Waals surface area contributed by atoms with Crippen LogP contribution in [-0.2, 0) is 21.7 Å². The first-order chi connectivity index (χ1) is 25.3. The molecule has 0 amide bonds. The van der Waals surface area contributed by atoms with Crippen molar-refractivity contribution in [1.82, 2.24) is 0 Å². The Morgan fingerprint density at radius 3 is 1.64 bits per heavy atom. The van der Waals surface area contributed by atoms with Crippen molar-refractivity contribution in [2.45, 2.75) is 115 Å². The van der Waals surface area contributed by atoms with Gasteiger partial charge in [0, 0.05) is 22.5 Å². The summed E-state index contributed by atoms with van der Waals surface area (Å²) in [6.45, 7) is 16.7. The van der Waals surface area contributed by atoms with Crippen LogP contribution in [0.15, 0.2) is 109 Å². The average molecular weight is 696 g/mol. The highest BCUT2D eigenvalue weighted by Crippen LogP contribution is 2.70. The summed E-state index contributed by atoms with van der Waals surface area (Å²) in [6, 6.07) is 43.1. The van der Waals surface area contributed by atoms with Gasteiger partial charge in [-0.1, -0.05) is 115 Å². The molecule has 0 radical (unpaired) electrons. The fourth-order valence-corrected chi connectivity index (χ4v) is 12.4. The van der Waals surface area contributed by atoms with Crippen molar-refractivity contribution in [1.29, 1.82) is 0 Å². The highest BCUT2D eigenvalue weighted by molar-refractivity contribution is 5.88. The second-order valence-electron chi connectivity index (χ2n) is 20.2. The van der Waals surface area contributed by atoms with Crippen molar-refractivity contribution in [3.8, 4) is 22.3 Å². The van der Waals surface area contributed by atoms with Crippen LogP contribution in [0.5, 0.6) is 0 Å². The Kier molecular flexibility index (Phi) is 7.23. The molecule has 0 unspecified atom stereocenters. The van der Waals surface area contributed by atoms with Crippen molar-refractivity contribution >= 4 is 17.1 Å². The van der Waals surface area contributed by atoms with Crippen LogP contribution < -0.4 is 4.90 Å². The number of para-hydroxylation sites is 1. The van der Waals surface area contributed by atoms with E-state index in [9.17, 15) is 0 Å². The molecule has 6 aliphatic rings. The van der Waals surface area contributed by atoms with E-state index in [1.54, 1.807) is 11.1 Å². The molecule has 4 bridgehead atoms. The zero-order chi connectivity index (χ0) is 36.5. The minimum absolute atomic E-state index is 0.0830. The van der Waals surface area contributed by atoms with Crippen LogP contribution in [0.1, 0.15) is 121 Å². The molecule has 4 fully saturated rings. The first-order valence-electron chi connectivity index (χ1n) is 20.7. The van der Waals surface area contributed by atoms with Crippen LogP contribution in [0.3, 0.4) is 0 Å². The summed E-state index contributed by atoms with van der Waals surface area (Å²) in [5.41, 5.74) is 17.7. The van der Waals surface area contributed by atoms with E-state index in [1.807, 2.05) is 0 Å². The van der Waals surface area contributed by atoms with Crippen molar-refractivity contribution in [2.24, 2.45) is 23.7 Å². The van der Waals surface area contributed by atoms with Gasteiger partial charge < -0.3 is 4.90 Å². The second-order valence-corrected chi connectivity index (χ2v) is 20.2. The molecule has 4 saturated carbocycles. The smallest absolute Gasteiger partial charge is 0.0465 e. The Labute approximate surface area is 318 Å². The highest BCUT2D eigenvalue weighted by atomic mass is 15.1. The lowest BCUT2D eigenvalue weighted by Crippen LogP contribution is -2.55. The Balaban J connectivity index is 1.15. The number of benzene rings is 5. The third kappa shape index (κ3) is 5.01. The molecule has 0 aliphatic heterocycles. The molecule has 1 heteroatoms. The standard InChI is InChI=1S/C52H57N/c1-49(2,3)37-16-13-35(14-17-37)36-15-20-43-44-21-18-41(31-47(44)52(46(43)30-36)38-26-33-25-34(28-38)29-39(52)27-33)53(40-11-9-8-10-12-40)42-19-22-45-48(32-42)51(6,7)24-23-50(45,4)5/h8-22,30-34,38-39H,23-29H2,1-7H3. The van der Waals surface area contributed by atoms with E-state index in [1.165, 1.54) is 101 Å². The quantitative estimate of drug-likeness (QED) is 0.181. The maximum absolute atomic E-state index is 2.66. The van der Waals surface area contributed by atoms with E-state index >= 15 is 0 Å². The van der Waals surface area contributed by atoms with E-state index < -0.39 is 0 Å². The first kappa shape index (κ1) is 33.5. The second kappa shape index (κ2) is 11.5. The molecular weight excluding hydrogens is 639 g/mol. The van der Waals surface area contributed by atoms with Crippen LogP contribution in [0.2, 0.25) is 0 Å². The third-order valence-electron chi connectivity index (χ3n) is 15.1. The van der Waals surface area contributed by atoms with Crippen LogP contribution in [0, 0.1) is 23.7 Å². The summed E-state index contributed by atoms with van der Waals surface area (Å²) in [4.78, 5) is 2.56.